The summed E-state index contributed by atoms with van der Waals surface area (Å²) < 4.78 is 0. The molecule has 0 spiro atoms. The van der Waals surface area contributed by atoms with Crippen LogP contribution in [0.2, 0.25) is 0 Å². The molecular weight excluding hydrogens is 268 g/mol. The number of nitrogens with one attached hydrogen (secondary N) is 2. The second kappa shape index (κ2) is 7.78. The molecule has 1 amide bonds. The van der Waals surface area contributed by atoms with E-state index in [0.717, 1.165) is 5.56 Å². The fourth-order valence-corrected chi connectivity index (χ4v) is 2.24. The summed E-state index contributed by atoms with van der Waals surface area (Å²) in [7, 11) is 1.60. The average Bonchev–Trinajstić information content (AvgIpc) is 2.51. The highest BCUT2D eigenvalue weighted by Gasteiger charge is 2.34. The number of carboxylic acids is 1. The highest BCUT2D eigenvalue weighted by atomic mass is 16.4. The summed E-state index contributed by atoms with van der Waals surface area (Å²) >= 11 is 0. The first-order valence-corrected chi connectivity index (χ1v) is 7.24. The zero-order valence-corrected chi connectivity index (χ0v) is 12.9. The van der Waals surface area contributed by atoms with Gasteiger partial charge in [0.15, 0.2) is 0 Å². The molecule has 5 heteroatoms. The molecule has 5 nitrogen and oxygen atoms in total. The Balaban J connectivity index is 2.59. The van der Waals surface area contributed by atoms with Gasteiger partial charge in [-0.2, -0.15) is 0 Å². The fraction of sp³-hybridized carbons (Fsp3) is 0.500. The van der Waals surface area contributed by atoms with Crippen LogP contribution in [0, 0.1) is 5.41 Å². The molecule has 0 bridgehead atoms. The number of carbonyl (C=O) groups excluding carboxylic acids is 1. The van der Waals surface area contributed by atoms with E-state index in [9.17, 15) is 14.7 Å². The standard InChI is InChI=1S/C16H24N2O3/c1-4-16(5-2,15(20)21)11-18-10-12-6-8-13(9-7-12)14(19)17-3/h6-9,18H,4-5,10-11H2,1-3H3,(H,17,19)(H,20,21). The van der Waals surface area contributed by atoms with Gasteiger partial charge in [-0.05, 0) is 30.5 Å². The largest absolute Gasteiger partial charge is 0.481 e. The summed E-state index contributed by atoms with van der Waals surface area (Å²) in [4.78, 5) is 22.8. The minimum Gasteiger partial charge on any atom is -0.481 e. The molecule has 0 radical (unpaired) electrons. The summed E-state index contributed by atoms with van der Waals surface area (Å²) in [6.07, 6.45) is 1.20. The zero-order valence-electron chi connectivity index (χ0n) is 12.9. The maximum Gasteiger partial charge on any atom is 0.310 e. The minimum atomic E-state index is -0.755. The van der Waals surface area contributed by atoms with E-state index in [1.165, 1.54) is 0 Å². The second-order valence-corrected chi connectivity index (χ2v) is 5.17. The maximum absolute atomic E-state index is 11.4. The topological polar surface area (TPSA) is 78.4 Å². The SMILES string of the molecule is CCC(CC)(CNCc1ccc(C(=O)NC)cc1)C(=O)O. The third kappa shape index (κ3) is 4.29. The van der Waals surface area contributed by atoms with Crippen molar-refractivity contribution in [2.24, 2.45) is 5.41 Å². The number of benzene rings is 1. The first kappa shape index (κ1) is 17.2. The van der Waals surface area contributed by atoms with Crippen LogP contribution in [0.4, 0.5) is 0 Å². The van der Waals surface area contributed by atoms with Crippen molar-refractivity contribution < 1.29 is 14.7 Å². The van der Waals surface area contributed by atoms with Gasteiger partial charge in [0.1, 0.15) is 0 Å². The molecular formula is C16H24N2O3. The van der Waals surface area contributed by atoms with E-state index in [-0.39, 0.29) is 5.91 Å². The smallest absolute Gasteiger partial charge is 0.310 e. The van der Waals surface area contributed by atoms with Crippen LogP contribution in [-0.4, -0.2) is 30.6 Å². The fourth-order valence-electron chi connectivity index (χ4n) is 2.24. The Bertz CT molecular complexity index is 479. The van der Waals surface area contributed by atoms with Gasteiger partial charge in [-0.15, -0.1) is 0 Å². The van der Waals surface area contributed by atoms with Crippen LogP contribution in [-0.2, 0) is 11.3 Å². The van der Waals surface area contributed by atoms with Crippen molar-refractivity contribution in [2.75, 3.05) is 13.6 Å². The predicted molar refractivity (Wildman–Crippen MR) is 82.2 cm³/mol. The van der Waals surface area contributed by atoms with Crippen molar-refractivity contribution in [2.45, 2.75) is 33.2 Å². The summed E-state index contributed by atoms with van der Waals surface area (Å²) in [5, 5.41) is 15.1. The molecule has 0 saturated carbocycles. The van der Waals surface area contributed by atoms with Gasteiger partial charge < -0.3 is 15.7 Å². The lowest BCUT2D eigenvalue weighted by molar-refractivity contribution is -0.149. The van der Waals surface area contributed by atoms with Crippen LogP contribution in [0.25, 0.3) is 0 Å². The molecule has 3 N–H and O–H groups in total. The van der Waals surface area contributed by atoms with Crippen LogP contribution < -0.4 is 10.6 Å². The van der Waals surface area contributed by atoms with E-state index in [2.05, 4.69) is 10.6 Å². The number of hydrogen-bond donors (Lipinski definition) is 3. The van der Waals surface area contributed by atoms with Crippen molar-refractivity contribution in [1.82, 2.24) is 10.6 Å². The molecule has 116 valence electrons. The van der Waals surface area contributed by atoms with Crippen LogP contribution in [0.15, 0.2) is 24.3 Å². The predicted octanol–water partition coefficient (Wildman–Crippen LogP) is 2.03. The lowest BCUT2D eigenvalue weighted by Crippen LogP contribution is -2.40. The third-order valence-electron chi connectivity index (χ3n) is 4.04. The summed E-state index contributed by atoms with van der Waals surface area (Å²) in [6.45, 7) is 4.82. The van der Waals surface area contributed by atoms with E-state index >= 15 is 0 Å². The first-order valence-electron chi connectivity index (χ1n) is 7.24. The Kier molecular flexibility index (Phi) is 6.37. The molecule has 0 saturated heterocycles. The van der Waals surface area contributed by atoms with Gasteiger partial charge >= 0.3 is 5.97 Å². The molecule has 21 heavy (non-hydrogen) atoms. The second-order valence-electron chi connectivity index (χ2n) is 5.17. The molecule has 1 aromatic rings. The molecule has 1 aromatic carbocycles. The van der Waals surface area contributed by atoms with E-state index in [4.69, 9.17) is 0 Å². The third-order valence-corrected chi connectivity index (χ3v) is 4.04. The molecule has 0 aromatic heterocycles. The van der Waals surface area contributed by atoms with Gasteiger partial charge in [0, 0.05) is 25.7 Å². The van der Waals surface area contributed by atoms with E-state index in [1.54, 1.807) is 19.2 Å². The molecule has 0 unspecified atom stereocenters. The van der Waals surface area contributed by atoms with Crippen LogP contribution >= 0.6 is 0 Å². The Morgan fingerprint density at radius 2 is 1.71 bits per heavy atom. The van der Waals surface area contributed by atoms with E-state index in [0.29, 0.717) is 31.5 Å². The molecule has 0 aliphatic carbocycles. The van der Waals surface area contributed by atoms with Crippen LogP contribution in [0.5, 0.6) is 0 Å². The van der Waals surface area contributed by atoms with Gasteiger partial charge in [0.25, 0.3) is 5.91 Å². The number of hydrogen-bond acceptors (Lipinski definition) is 3. The summed E-state index contributed by atoms with van der Waals surface area (Å²) in [6, 6.07) is 7.27. The van der Waals surface area contributed by atoms with Gasteiger partial charge in [0.2, 0.25) is 0 Å². The normalized spacial score (nSPS) is 11.2. The van der Waals surface area contributed by atoms with Gasteiger partial charge in [-0.3, -0.25) is 9.59 Å². The molecule has 0 atom stereocenters. The number of carboxylic acid groups (broad SMARTS) is 1. The lowest BCUT2D eigenvalue weighted by Gasteiger charge is -2.27. The Morgan fingerprint density at radius 3 is 2.14 bits per heavy atom. The van der Waals surface area contributed by atoms with Crippen molar-refractivity contribution >= 4 is 11.9 Å². The monoisotopic (exact) mass is 292 g/mol. The van der Waals surface area contributed by atoms with Crippen LogP contribution in [0.1, 0.15) is 42.6 Å². The number of aliphatic carboxylic acids is 1. The zero-order chi connectivity index (χ0) is 15.9. The Labute approximate surface area is 125 Å². The van der Waals surface area contributed by atoms with Gasteiger partial charge in [0.05, 0.1) is 5.41 Å². The van der Waals surface area contributed by atoms with Gasteiger partial charge in [-0.1, -0.05) is 26.0 Å². The Hall–Kier alpha value is -1.88. The first-order chi connectivity index (χ1) is 9.99. The summed E-state index contributed by atoms with van der Waals surface area (Å²) in [5.74, 6) is -0.869. The van der Waals surface area contributed by atoms with Crippen molar-refractivity contribution in [3.05, 3.63) is 35.4 Å². The minimum absolute atomic E-state index is 0.114. The number of carbonyl (C=O) groups is 2. The van der Waals surface area contributed by atoms with Gasteiger partial charge in [-0.25, -0.2) is 0 Å². The number of amides is 1. The molecule has 0 fully saturated rings. The molecule has 0 aliphatic heterocycles. The molecule has 1 rings (SSSR count). The summed E-state index contributed by atoms with van der Waals surface area (Å²) in [5.41, 5.74) is 0.930. The lowest BCUT2D eigenvalue weighted by atomic mass is 9.82. The quantitative estimate of drug-likeness (QED) is 0.685. The van der Waals surface area contributed by atoms with Crippen molar-refractivity contribution in [3.8, 4) is 0 Å². The maximum atomic E-state index is 11.4. The van der Waals surface area contributed by atoms with Crippen LogP contribution in [0.3, 0.4) is 0 Å². The van der Waals surface area contributed by atoms with Crippen molar-refractivity contribution in [1.29, 1.82) is 0 Å². The highest BCUT2D eigenvalue weighted by Crippen LogP contribution is 2.25. The number of rotatable bonds is 8. The molecule has 0 heterocycles. The Morgan fingerprint density at radius 1 is 1.14 bits per heavy atom. The van der Waals surface area contributed by atoms with E-state index < -0.39 is 11.4 Å². The van der Waals surface area contributed by atoms with E-state index in [1.807, 2.05) is 26.0 Å². The van der Waals surface area contributed by atoms with Crippen molar-refractivity contribution in [3.63, 3.8) is 0 Å². The highest BCUT2D eigenvalue weighted by molar-refractivity contribution is 5.93. The molecule has 0 aliphatic rings. The average molecular weight is 292 g/mol.